The van der Waals surface area contributed by atoms with E-state index in [4.69, 9.17) is 4.74 Å². The number of likely N-dealkylation sites (tertiary alicyclic amines) is 1. The molecule has 30 heavy (non-hydrogen) atoms. The highest BCUT2D eigenvalue weighted by Crippen LogP contribution is 2.45. The van der Waals surface area contributed by atoms with Gasteiger partial charge in [-0.2, -0.15) is 0 Å². The van der Waals surface area contributed by atoms with Crippen molar-refractivity contribution in [2.45, 2.75) is 57.4 Å². The van der Waals surface area contributed by atoms with Crippen molar-refractivity contribution in [2.24, 2.45) is 0 Å². The monoisotopic (exact) mass is 404 g/mol. The van der Waals surface area contributed by atoms with E-state index in [0.29, 0.717) is 12.0 Å². The summed E-state index contributed by atoms with van der Waals surface area (Å²) >= 11 is 0. The molecule has 160 valence electrons. The average molecular weight is 405 g/mol. The van der Waals surface area contributed by atoms with Crippen LogP contribution in [0.1, 0.15) is 72.7 Å². The van der Waals surface area contributed by atoms with Crippen LogP contribution < -0.4 is 4.74 Å². The van der Waals surface area contributed by atoms with Gasteiger partial charge in [0.15, 0.2) is 0 Å². The van der Waals surface area contributed by atoms with Gasteiger partial charge in [-0.1, -0.05) is 42.3 Å². The highest BCUT2D eigenvalue weighted by Gasteiger charge is 2.36. The zero-order chi connectivity index (χ0) is 20.3. The van der Waals surface area contributed by atoms with Gasteiger partial charge < -0.3 is 9.64 Å². The number of hydrogen-bond acceptors (Lipinski definition) is 3. The van der Waals surface area contributed by atoms with Gasteiger partial charge in [0.1, 0.15) is 5.75 Å². The van der Waals surface area contributed by atoms with Gasteiger partial charge in [-0.05, 0) is 87.5 Å². The first-order chi connectivity index (χ1) is 14.8. The zero-order valence-corrected chi connectivity index (χ0v) is 18.5. The van der Waals surface area contributed by atoms with Crippen molar-refractivity contribution in [2.75, 3.05) is 39.3 Å². The standard InChI is InChI=1S/C27H36N2O/c1-21-8-10-22(11-9-21)26-20-29-17-5-7-27(29)25-19-23(12-13-24(25)26)30-18-6-16-28-14-3-2-4-15-28/h8-13,19,26-27H,2-7,14-18,20H2,1H3/t26-,27-/m0/s1. The normalized spacial score (nSPS) is 24.4. The Kier molecular flexibility index (Phi) is 6.10. The first-order valence-electron chi connectivity index (χ1n) is 12.1. The Morgan fingerprint density at radius 1 is 0.900 bits per heavy atom. The largest absolute Gasteiger partial charge is 0.494 e. The van der Waals surface area contributed by atoms with Crippen LogP contribution in [0.25, 0.3) is 0 Å². The Morgan fingerprint density at radius 3 is 2.57 bits per heavy atom. The molecule has 0 aromatic heterocycles. The number of aryl methyl sites for hydroxylation is 1. The third kappa shape index (κ3) is 4.29. The average Bonchev–Trinajstić information content (AvgIpc) is 3.26. The first kappa shape index (κ1) is 20.1. The van der Waals surface area contributed by atoms with Crippen molar-refractivity contribution in [1.82, 2.24) is 9.80 Å². The van der Waals surface area contributed by atoms with E-state index in [1.165, 1.54) is 80.5 Å². The molecule has 3 heteroatoms. The molecule has 2 aromatic carbocycles. The van der Waals surface area contributed by atoms with E-state index in [0.717, 1.165) is 25.3 Å². The SMILES string of the molecule is Cc1ccc([C@@H]2CN3CCC[C@H]3c3cc(OCCCN4CCCCC4)ccc32)cc1. The topological polar surface area (TPSA) is 15.7 Å². The molecule has 3 nitrogen and oxygen atoms in total. The zero-order valence-electron chi connectivity index (χ0n) is 18.5. The number of benzene rings is 2. The Morgan fingerprint density at radius 2 is 1.73 bits per heavy atom. The van der Waals surface area contributed by atoms with Crippen LogP contribution in [0.3, 0.4) is 0 Å². The van der Waals surface area contributed by atoms with Crippen LogP contribution in [0.5, 0.6) is 5.75 Å². The lowest BCUT2D eigenvalue weighted by Gasteiger charge is -2.37. The molecule has 2 saturated heterocycles. The molecule has 0 bridgehead atoms. The molecular weight excluding hydrogens is 368 g/mol. The van der Waals surface area contributed by atoms with E-state index in [2.05, 4.69) is 59.2 Å². The quantitative estimate of drug-likeness (QED) is 0.589. The van der Waals surface area contributed by atoms with Gasteiger partial charge in [0, 0.05) is 25.0 Å². The number of hydrogen-bond donors (Lipinski definition) is 0. The van der Waals surface area contributed by atoms with Gasteiger partial charge in [-0.3, -0.25) is 4.90 Å². The fourth-order valence-corrected chi connectivity index (χ4v) is 5.72. The third-order valence-corrected chi connectivity index (χ3v) is 7.39. The molecule has 2 atom stereocenters. The molecule has 2 fully saturated rings. The summed E-state index contributed by atoms with van der Waals surface area (Å²) in [4.78, 5) is 5.30. The fraction of sp³-hybridized carbons (Fsp3) is 0.556. The maximum atomic E-state index is 6.22. The predicted octanol–water partition coefficient (Wildman–Crippen LogP) is 5.53. The molecule has 3 aliphatic rings. The van der Waals surface area contributed by atoms with Gasteiger partial charge >= 0.3 is 0 Å². The number of ether oxygens (including phenoxy) is 1. The summed E-state index contributed by atoms with van der Waals surface area (Å²) < 4.78 is 6.22. The molecule has 0 amide bonds. The van der Waals surface area contributed by atoms with Crippen LogP contribution in [0, 0.1) is 6.92 Å². The minimum Gasteiger partial charge on any atom is -0.494 e. The van der Waals surface area contributed by atoms with Crippen LogP contribution in [0.4, 0.5) is 0 Å². The summed E-state index contributed by atoms with van der Waals surface area (Å²) in [5.74, 6) is 1.53. The maximum absolute atomic E-state index is 6.22. The molecule has 0 radical (unpaired) electrons. The lowest BCUT2D eigenvalue weighted by molar-refractivity contribution is 0.204. The minimum atomic E-state index is 0.475. The number of nitrogens with zero attached hydrogens (tertiary/aromatic N) is 2. The van der Waals surface area contributed by atoms with Crippen molar-refractivity contribution in [3.63, 3.8) is 0 Å². The molecule has 0 spiro atoms. The van der Waals surface area contributed by atoms with E-state index in [9.17, 15) is 0 Å². The van der Waals surface area contributed by atoms with E-state index >= 15 is 0 Å². The third-order valence-electron chi connectivity index (χ3n) is 7.39. The van der Waals surface area contributed by atoms with E-state index < -0.39 is 0 Å². The summed E-state index contributed by atoms with van der Waals surface area (Å²) in [7, 11) is 0. The van der Waals surface area contributed by atoms with Crippen LogP contribution in [-0.4, -0.2) is 49.1 Å². The first-order valence-corrected chi connectivity index (χ1v) is 12.1. The Hall–Kier alpha value is -1.84. The van der Waals surface area contributed by atoms with Crippen LogP contribution in [0.15, 0.2) is 42.5 Å². The molecule has 0 saturated carbocycles. The van der Waals surface area contributed by atoms with Crippen molar-refractivity contribution in [3.8, 4) is 5.75 Å². The van der Waals surface area contributed by atoms with Gasteiger partial charge in [-0.25, -0.2) is 0 Å². The second-order valence-corrected chi connectivity index (χ2v) is 9.51. The Balaban J connectivity index is 1.29. The molecule has 5 rings (SSSR count). The molecule has 2 aromatic rings. The fourth-order valence-electron chi connectivity index (χ4n) is 5.72. The second kappa shape index (κ2) is 9.11. The molecule has 3 heterocycles. The summed E-state index contributed by atoms with van der Waals surface area (Å²) in [6, 6.07) is 16.7. The van der Waals surface area contributed by atoms with Gasteiger partial charge in [0.2, 0.25) is 0 Å². The predicted molar refractivity (Wildman–Crippen MR) is 123 cm³/mol. The van der Waals surface area contributed by atoms with Crippen molar-refractivity contribution in [3.05, 3.63) is 64.7 Å². The molecule has 0 unspecified atom stereocenters. The van der Waals surface area contributed by atoms with Crippen molar-refractivity contribution in [1.29, 1.82) is 0 Å². The van der Waals surface area contributed by atoms with Crippen molar-refractivity contribution >= 4 is 0 Å². The number of rotatable bonds is 6. The molecule has 3 aliphatic heterocycles. The van der Waals surface area contributed by atoms with Crippen LogP contribution in [0.2, 0.25) is 0 Å². The molecule has 0 aliphatic carbocycles. The number of piperidine rings is 1. The van der Waals surface area contributed by atoms with Crippen molar-refractivity contribution < 1.29 is 4.74 Å². The van der Waals surface area contributed by atoms with E-state index in [-0.39, 0.29) is 0 Å². The number of fused-ring (bicyclic) bond motifs is 3. The molecule has 0 N–H and O–H groups in total. The van der Waals surface area contributed by atoms with Gasteiger partial charge in [0.05, 0.1) is 6.61 Å². The Bertz CT molecular complexity index is 840. The maximum Gasteiger partial charge on any atom is 0.119 e. The molecular formula is C27H36N2O. The lowest BCUT2D eigenvalue weighted by atomic mass is 9.81. The van der Waals surface area contributed by atoms with E-state index in [1.807, 2.05) is 0 Å². The lowest BCUT2D eigenvalue weighted by Crippen LogP contribution is -2.34. The smallest absolute Gasteiger partial charge is 0.119 e. The summed E-state index contributed by atoms with van der Waals surface area (Å²) in [5, 5.41) is 0. The van der Waals surface area contributed by atoms with Gasteiger partial charge in [0.25, 0.3) is 0 Å². The second-order valence-electron chi connectivity index (χ2n) is 9.51. The summed E-state index contributed by atoms with van der Waals surface area (Å²) in [6.45, 7) is 9.10. The highest BCUT2D eigenvalue weighted by molar-refractivity contribution is 5.46. The van der Waals surface area contributed by atoms with E-state index in [1.54, 1.807) is 0 Å². The summed E-state index contributed by atoms with van der Waals surface area (Å²) in [5.41, 5.74) is 5.81. The summed E-state index contributed by atoms with van der Waals surface area (Å²) in [6.07, 6.45) is 7.86. The van der Waals surface area contributed by atoms with Crippen LogP contribution in [-0.2, 0) is 0 Å². The highest BCUT2D eigenvalue weighted by atomic mass is 16.5. The van der Waals surface area contributed by atoms with Crippen LogP contribution >= 0.6 is 0 Å². The minimum absolute atomic E-state index is 0.475. The Labute approximate surface area is 182 Å². The van der Waals surface area contributed by atoms with Gasteiger partial charge in [-0.15, -0.1) is 0 Å².